The van der Waals surface area contributed by atoms with Crippen LogP contribution in [0.3, 0.4) is 0 Å². The number of Topliss-reactive ketones (excluding diaryl/α,β-unsaturated/α-hetero) is 1. The lowest BCUT2D eigenvalue weighted by Crippen LogP contribution is -2.43. The van der Waals surface area contributed by atoms with Crippen molar-refractivity contribution in [3.63, 3.8) is 0 Å². The van der Waals surface area contributed by atoms with E-state index in [0.29, 0.717) is 52.4 Å². The number of carbonyl (C=O) groups excluding carboxylic acids is 3. The number of hydrogen-bond donors (Lipinski definition) is 1. The molecule has 0 saturated carbocycles. The van der Waals surface area contributed by atoms with Crippen molar-refractivity contribution < 1.29 is 33.3 Å². The van der Waals surface area contributed by atoms with Crippen LogP contribution in [-0.2, 0) is 23.9 Å². The summed E-state index contributed by atoms with van der Waals surface area (Å²) < 4.78 is 21.8. The maximum atomic E-state index is 13.8. The van der Waals surface area contributed by atoms with Crippen LogP contribution in [0.1, 0.15) is 52.0 Å². The molecule has 3 rings (SSSR count). The lowest BCUT2D eigenvalue weighted by Gasteiger charge is -2.38. The van der Waals surface area contributed by atoms with Gasteiger partial charge in [0.25, 0.3) is 0 Å². The molecule has 2 aliphatic rings. The quantitative estimate of drug-likeness (QED) is 0.475. The first-order valence-corrected chi connectivity index (χ1v) is 11.4. The van der Waals surface area contributed by atoms with Gasteiger partial charge in [-0.25, -0.2) is 4.79 Å². The monoisotopic (exact) mass is 471 g/mol. The van der Waals surface area contributed by atoms with Crippen LogP contribution in [0, 0.1) is 11.8 Å². The van der Waals surface area contributed by atoms with Gasteiger partial charge >= 0.3 is 11.9 Å². The first kappa shape index (κ1) is 25.3. The van der Waals surface area contributed by atoms with E-state index in [9.17, 15) is 14.4 Å². The maximum Gasteiger partial charge on any atom is 0.337 e. The van der Waals surface area contributed by atoms with Crippen molar-refractivity contribution in [3.8, 4) is 11.5 Å². The highest BCUT2D eigenvalue weighted by Crippen LogP contribution is 2.49. The van der Waals surface area contributed by atoms with Crippen molar-refractivity contribution >= 4 is 17.7 Å². The molecule has 1 heterocycles. The van der Waals surface area contributed by atoms with E-state index in [1.54, 1.807) is 25.1 Å². The number of allylic oxidation sites excluding steroid dienone is 3. The minimum atomic E-state index is -0.963. The van der Waals surface area contributed by atoms with Gasteiger partial charge in [-0.15, -0.1) is 0 Å². The number of para-hydroxylation sites is 1. The van der Waals surface area contributed by atoms with Gasteiger partial charge in [-0.2, -0.15) is 0 Å². The second-order valence-electron chi connectivity index (χ2n) is 8.74. The Labute approximate surface area is 200 Å². The first-order chi connectivity index (χ1) is 16.2. The molecule has 0 unspecified atom stereocenters. The third kappa shape index (κ3) is 4.41. The summed E-state index contributed by atoms with van der Waals surface area (Å²) in [6.45, 7) is 7.38. The average molecular weight is 472 g/mol. The Hall–Kier alpha value is -3.29. The molecule has 8 heteroatoms. The molecule has 8 nitrogen and oxygen atoms in total. The Balaban J connectivity index is 2.26. The molecule has 0 radical (unpaired) electrons. The zero-order chi connectivity index (χ0) is 25.2. The van der Waals surface area contributed by atoms with Gasteiger partial charge in [0, 0.05) is 22.5 Å². The van der Waals surface area contributed by atoms with Crippen LogP contribution in [0.15, 0.2) is 40.7 Å². The van der Waals surface area contributed by atoms with Crippen LogP contribution in [0.25, 0.3) is 0 Å². The summed E-state index contributed by atoms with van der Waals surface area (Å²) in [6.07, 6.45) is 0.795. The van der Waals surface area contributed by atoms with Crippen molar-refractivity contribution in [2.75, 3.05) is 21.3 Å². The normalized spacial score (nSPS) is 23.0. The van der Waals surface area contributed by atoms with Crippen molar-refractivity contribution in [2.24, 2.45) is 11.8 Å². The molecule has 1 aromatic carbocycles. The molecule has 0 aromatic heterocycles. The molecular formula is C26H33NO7. The molecule has 0 fully saturated rings. The van der Waals surface area contributed by atoms with E-state index >= 15 is 0 Å². The number of methoxy groups -OCH3 is 3. The van der Waals surface area contributed by atoms with Crippen LogP contribution in [0.5, 0.6) is 11.5 Å². The van der Waals surface area contributed by atoms with E-state index in [1.807, 2.05) is 20.8 Å². The highest BCUT2D eigenvalue weighted by Gasteiger charge is 2.48. The molecule has 1 aliphatic heterocycles. The number of rotatable bonds is 7. The Kier molecular flexibility index (Phi) is 7.69. The number of ether oxygens (including phenoxy) is 4. The SMILES string of the molecule is CC[C@@H](C)OC(=O)C1=C(C)NC2=C(C(=O)[C@H](C(=O)OC)[C@@H](C)C2)[C@@H]1c1cccc(OC)c1OC. The number of esters is 2. The van der Waals surface area contributed by atoms with E-state index in [4.69, 9.17) is 18.9 Å². The molecular weight excluding hydrogens is 438 g/mol. The highest BCUT2D eigenvalue weighted by atomic mass is 16.5. The summed E-state index contributed by atoms with van der Waals surface area (Å²) in [5.41, 5.74) is 2.51. The van der Waals surface area contributed by atoms with E-state index in [-0.39, 0.29) is 17.8 Å². The van der Waals surface area contributed by atoms with Crippen LogP contribution >= 0.6 is 0 Å². The zero-order valence-electron chi connectivity index (χ0n) is 20.8. The van der Waals surface area contributed by atoms with Gasteiger partial charge in [0.2, 0.25) is 0 Å². The third-order valence-electron chi connectivity index (χ3n) is 6.59. The molecule has 1 aromatic rings. The molecule has 0 spiro atoms. The highest BCUT2D eigenvalue weighted by molar-refractivity contribution is 6.12. The van der Waals surface area contributed by atoms with Gasteiger partial charge in [-0.1, -0.05) is 26.0 Å². The summed E-state index contributed by atoms with van der Waals surface area (Å²) in [7, 11) is 4.30. The maximum absolute atomic E-state index is 13.8. The molecule has 0 saturated heterocycles. The lowest BCUT2D eigenvalue weighted by molar-refractivity contribution is -0.151. The number of benzene rings is 1. The predicted octanol–water partition coefficient (Wildman–Crippen LogP) is 3.66. The van der Waals surface area contributed by atoms with Crippen molar-refractivity contribution in [1.29, 1.82) is 0 Å². The summed E-state index contributed by atoms with van der Waals surface area (Å²) in [6, 6.07) is 5.32. The van der Waals surface area contributed by atoms with Crippen LogP contribution in [0.4, 0.5) is 0 Å². The summed E-state index contributed by atoms with van der Waals surface area (Å²) in [5, 5.41) is 3.26. The van der Waals surface area contributed by atoms with Gasteiger partial charge in [-0.05, 0) is 38.7 Å². The first-order valence-electron chi connectivity index (χ1n) is 11.4. The van der Waals surface area contributed by atoms with E-state index in [1.165, 1.54) is 21.3 Å². The van der Waals surface area contributed by atoms with Gasteiger partial charge in [0.05, 0.1) is 38.9 Å². The Bertz CT molecular complexity index is 1060. The second-order valence-corrected chi connectivity index (χ2v) is 8.74. The van der Waals surface area contributed by atoms with Crippen LogP contribution < -0.4 is 14.8 Å². The van der Waals surface area contributed by atoms with E-state index in [2.05, 4.69) is 5.32 Å². The predicted molar refractivity (Wildman–Crippen MR) is 125 cm³/mol. The minimum absolute atomic E-state index is 0.263. The number of ketones is 1. The van der Waals surface area contributed by atoms with E-state index < -0.39 is 23.8 Å². The minimum Gasteiger partial charge on any atom is -0.493 e. The summed E-state index contributed by atoms with van der Waals surface area (Å²) in [4.78, 5) is 39.8. The molecule has 184 valence electrons. The Morgan fingerprint density at radius 1 is 1.18 bits per heavy atom. The summed E-state index contributed by atoms with van der Waals surface area (Å²) >= 11 is 0. The Morgan fingerprint density at radius 3 is 2.47 bits per heavy atom. The van der Waals surface area contributed by atoms with Gasteiger partial charge in [0.15, 0.2) is 17.3 Å². The smallest absolute Gasteiger partial charge is 0.337 e. The Morgan fingerprint density at radius 2 is 1.88 bits per heavy atom. The number of hydrogen-bond acceptors (Lipinski definition) is 8. The molecule has 4 atom stereocenters. The fourth-order valence-corrected chi connectivity index (χ4v) is 4.73. The zero-order valence-corrected chi connectivity index (χ0v) is 20.8. The average Bonchev–Trinajstić information content (AvgIpc) is 2.81. The molecule has 1 aliphatic carbocycles. The fourth-order valence-electron chi connectivity index (χ4n) is 4.73. The van der Waals surface area contributed by atoms with Gasteiger partial charge in [0.1, 0.15) is 5.92 Å². The largest absolute Gasteiger partial charge is 0.493 e. The molecule has 34 heavy (non-hydrogen) atoms. The molecule has 0 bridgehead atoms. The number of nitrogens with one attached hydrogen (secondary N) is 1. The van der Waals surface area contributed by atoms with E-state index in [0.717, 1.165) is 0 Å². The third-order valence-corrected chi connectivity index (χ3v) is 6.59. The van der Waals surface area contributed by atoms with Crippen LogP contribution in [0.2, 0.25) is 0 Å². The lowest BCUT2D eigenvalue weighted by atomic mass is 9.69. The molecule has 0 amide bonds. The van der Waals surface area contributed by atoms with Crippen molar-refractivity contribution in [3.05, 3.63) is 46.3 Å². The van der Waals surface area contributed by atoms with Crippen molar-refractivity contribution in [2.45, 2.75) is 52.6 Å². The van der Waals surface area contributed by atoms with Gasteiger partial charge < -0.3 is 24.3 Å². The topological polar surface area (TPSA) is 100 Å². The fraction of sp³-hybridized carbons (Fsp3) is 0.500. The summed E-state index contributed by atoms with van der Waals surface area (Å²) in [5.74, 6) is -2.64. The van der Waals surface area contributed by atoms with Crippen molar-refractivity contribution in [1.82, 2.24) is 5.32 Å². The molecule has 1 N–H and O–H groups in total. The second kappa shape index (κ2) is 10.3. The number of dihydropyridines is 1. The van der Waals surface area contributed by atoms with Crippen LogP contribution in [-0.4, -0.2) is 45.2 Å². The number of carbonyl (C=O) groups is 3. The standard InChI is InChI=1S/C26H33NO7/c1-8-14(3)34-26(30)20-15(4)27-17-12-13(2)19(25(29)33-7)23(28)22(17)21(20)16-10-9-11-18(31-5)24(16)32-6/h9-11,13-14,19,21,27H,8,12H2,1-7H3/t13-,14+,19+,21+/m0/s1. The van der Waals surface area contributed by atoms with Gasteiger partial charge in [-0.3, -0.25) is 9.59 Å².